The van der Waals surface area contributed by atoms with Gasteiger partial charge in [-0.3, -0.25) is 0 Å². The van der Waals surface area contributed by atoms with Gasteiger partial charge >= 0.3 is 0 Å². The van der Waals surface area contributed by atoms with E-state index in [-0.39, 0.29) is 0 Å². The van der Waals surface area contributed by atoms with Gasteiger partial charge in [0.2, 0.25) is 0 Å². The zero-order valence-corrected chi connectivity index (χ0v) is 73.6. The molecular weight excluding hydrogens is 1640 g/mol. The molecule has 0 spiro atoms. The topological polar surface area (TPSA) is 92.1 Å². The highest BCUT2D eigenvalue weighted by Gasteiger charge is 2.21. The van der Waals surface area contributed by atoms with Crippen LogP contribution in [0.3, 0.4) is 0 Å². The first kappa shape index (κ1) is 81.3. The molecule has 634 valence electrons. The fourth-order valence-electron chi connectivity index (χ4n) is 18.7. The second-order valence-corrected chi connectivity index (χ2v) is 33.7. The molecule has 0 fully saturated rings. The average molecular weight is 1730 g/mol. The molecule has 0 N–H and O–H groups in total. The first-order valence-corrected chi connectivity index (χ1v) is 45.6. The fourth-order valence-corrected chi connectivity index (χ4v) is 18.7. The summed E-state index contributed by atoms with van der Waals surface area (Å²) in [6.45, 7) is 0. The predicted octanol–water partition coefficient (Wildman–Crippen LogP) is 32.4. The van der Waals surface area contributed by atoms with Gasteiger partial charge in [0.15, 0.2) is 17.5 Å². The fraction of sp³-hybridized carbons (Fsp3) is 0. The van der Waals surface area contributed by atoms with Crippen molar-refractivity contribution < 1.29 is 0 Å². The largest absolute Gasteiger partial charge is 0.309 e. The molecule has 0 aliphatic carbocycles. The van der Waals surface area contributed by atoms with E-state index >= 15 is 0 Å². The highest BCUT2D eigenvalue weighted by Crippen LogP contribution is 2.42. The summed E-state index contributed by atoms with van der Waals surface area (Å²) < 4.78 is 7.05. The Labute approximate surface area is 782 Å². The van der Waals surface area contributed by atoms with Crippen LogP contribution in [0.4, 0.5) is 0 Å². The zero-order chi connectivity index (χ0) is 89.8. The van der Waals surface area contributed by atoms with E-state index in [0.717, 1.165) is 146 Å². The number of benzene rings is 19. The van der Waals surface area contributed by atoms with Crippen LogP contribution in [0.1, 0.15) is 0 Å². The van der Waals surface area contributed by atoms with Gasteiger partial charge in [0.25, 0.3) is 0 Å². The van der Waals surface area contributed by atoms with Crippen LogP contribution in [0.2, 0.25) is 0 Å². The van der Waals surface area contributed by atoms with E-state index in [1.165, 1.54) is 65.4 Å². The molecule has 0 unspecified atom stereocenters. The molecule has 6 aromatic heterocycles. The Balaban J connectivity index is 0.000000114. The molecule has 0 saturated carbocycles. The van der Waals surface area contributed by atoms with E-state index in [1.807, 2.05) is 97.1 Å². The summed E-state index contributed by atoms with van der Waals surface area (Å²) in [7, 11) is 0. The Bertz CT molecular complexity index is 7940. The lowest BCUT2D eigenvalue weighted by Crippen LogP contribution is -1.96. The van der Waals surface area contributed by atoms with Crippen molar-refractivity contribution >= 4 is 65.4 Å². The van der Waals surface area contributed by atoms with Gasteiger partial charge in [-0.2, -0.15) is 0 Å². The minimum absolute atomic E-state index is 0.708. The third-order valence-electron chi connectivity index (χ3n) is 25.3. The molecule has 9 nitrogen and oxygen atoms in total. The van der Waals surface area contributed by atoms with Gasteiger partial charge < -0.3 is 13.7 Å². The molecule has 19 aromatic carbocycles. The Kier molecular flexibility index (Phi) is 21.9. The first-order valence-electron chi connectivity index (χ1n) is 45.6. The minimum atomic E-state index is 0.708. The summed E-state index contributed by atoms with van der Waals surface area (Å²) in [6, 6.07) is 181. The molecule has 25 aromatic rings. The second-order valence-electron chi connectivity index (χ2n) is 33.7. The Hall–Kier alpha value is -18.2. The van der Waals surface area contributed by atoms with Crippen LogP contribution >= 0.6 is 0 Å². The number of para-hydroxylation sites is 6. The first-order chi connectivity index (χ1) is 66.9. The standard InChI is InChI=1S/C46H31N3.2C40H27N3/c1-4-14-32(15-5-1)36-28-37(33-24-26-39(27-25-33)49-44-22-12-10-20-40(44)41-21-11-13-23-45(41)49)30-38(29-36)43-31-42(34-16-6-2-7-17-34)47-46(48-43)35-18-8-3-9-19-35;2*1-3-12-29(13-4-1)36-27-37(30-14-5-2-6-15-30)42-40(41-36)32-17-11-16-31(26-32)28-22-24-33(25-23-28)43-38-20-9-7-18-34(38)35-19-8-10-21-39(35)43/h1-31H;2*1-27H. The van der Waals surface area contributed by atoms with E-state index < -0.39 is 0 Å². The molecule has 0 atom stereocenters. The lowest BCUT2D eigenvalue weighted by atomic mass is 9.94. The van der Waals surface area contributed by atoms with Gasteiger partial charge in [0.1, 0.15) is 0 Å². The molecule has 0 aliphatic rings. The lowest BCUT2D eigenvalue weighted by molar-refractivity contribution is 1.18. The van der Waals surface area contributed by atoms with Crippen molar-refractivity contribution in [3.8, 4) is 163 Å². The minimum Gasteiger partial charge on any atom is -0.309 e. The Morgan fingerprint density at radius 3 is 0.556 bits per heavy atom. The summed E-state index contributed by atoms with van der Waals surface area (Å²) in [5.74, 6) is 2.13. The Morgan fingerprint density at radius 1 is 0.111 bits per heavy atom. The van der Waals surface area contributed by atoms with E-state index in [9.17, 15) is 0 Å². The number of aromatic nitrogens is 9. The maximum atomic E-state index is 5.16. The maximum absolute atomic E-state index is 5.16. The summed E-state index contributed by atoms with van der Waals surface area (Å²) in [6.07, 6.45) is 0. The lowest BCUT2D eigenvalue weighted by Gasteiger charge is -2.14. The average Bonchev–Trinajstić information content (AvgIpc) is 1.65. The molecule has 6 heterocycles. The number of hydrogen-bond donors (Lipinski definition) is 0. The van der Waals surface area contributed by atoms with Gasteiger partial charge in [-0.05, 0) is 166 Å². The third-order valence-corrected chi connectivity index (χ3v) is 25.3. The quantitative estimate of drug-likeness (QED) is 0.0957. The van der Waals surface area contributed by atoms with Gasteiger partial charge in [-0.25, -0.2) is 29.9 Å². The monoisotopic (exact) mass is 1720 g/mol. The summed E-state index contributed by atoms with van der Waals surface area (Å²) >= 11 is 0. The zero-order valence-electron chi connectivity index (χ0n) is 73.6. The van der Waals surface area contributed by atoms with Crippen LogP contribution in [0.25, 0.3) is 229 Å². The van der Waals surface area contributed by atoms with E-state index in [0.29, 0.717) is 17.5 Å². The van der Waals surface area contributed by atoms with Crippen LogP contribution in [0, 0.1) is 0 Å². The molecule has 0 saturated heterocycles. The van der Waals surface area contributed by atoms with Gasteiger partial charge in [-0.15, -0.1) is 0 Å². The number of hydrogen-bond acceptors (Lipinski definition) is 6. The van der Waals surface area contributed by atoms with E-state index in [4.69, 9.17) is 29.9 Å². The molecule has 25 rings (SSSR count). The predicted molar refractivity (Wildman–Crippen MR) is 560 cm³/mol. The molecule has 0 amide bonds. The number of rotatable bonds is 16. The van der Waals surface area contributed by atoms with Crippen LogP contribution in [-0.2, 0) is 0 Å². The third kappa shape index (κ3) is 16.5. The highest BCUT2D eigenvalue weighted by molar-refractivity contribution is 6.11. The van der Waals surface area contributed by atoms with Crippen molar-refractivity contribution in [2.75, 3.05) is 0 Å². The Morgan fingerprint density at radius 2 is 0.289 bits per heavy atom. The van der Waals surface area contributed by atoms with Crippen molar-refractivity contribution in [2.45, 2.75) is 0 Å². The van der Waals surface area contributed by atoms with Crippen LogP contribution in [0.5, 0.6) is 0 Å². The van der Waals surface area contributed by atoms with Crippen molar-refractivity contribution in [2.24, 2.45) is 0 Å². The molecule has 0 radical (unpaired) electrons. The van der Waals surface area contributed by atoms with Crippen molar-refractivity contribution in [1.82, 2.24) is 43.6 Å². The summed E-state index contributed by atoms with van der Waals surface area (Å²) in [5, 5.41) is 7.59. The summed E-state index contributed by atoms with van der Waals surface area (Å²) in [4.78, 5) is 30.3. The van der Waals surface area contributed by atoms with Gasteiger partial charge in [-0.1, -0.05) is 394 Å². The highest BCUT2D eigenvalue weighted by atomic mass is 15.0. The van der Waals surface area contributed by atoms with Crippen molar-refractivity contribution in [3.63, 3.8) is 0 Å². The molecule has 135 heavy (non-hydrogen) atoms. The SMILES string of the molecule is c1ccc(-c2cc(-c3ccc(-n4c5ccccc5c5ccccc54)cc3)cc(-c3cc(-c4ccccc4)nc(-c4ccccc4)n3)c2)cc1.c1ccc(-c2cc(-c3ccccc3)nc(-c3cccc(-c4ccc(-n5c6ccccc6c6ccccc65)cc4)c3)n2)cc1.c1ccc(-c2cc(-c3ccccc3)nc(-c3cccc(-c4ccc(-n5c6ccccc6c6ccccc65)cc4)c3)n2)cc1. The van der Waals surface area contributed by atoms with Crippen molar-refractivity contribution in [3.05, 3.63) is 516 Å². The normalized spacial score (nSPS) is 11.3. The maximum Gasteiger partial charge on any atom is 0.160 e. The van der Waals surface area contributed by atoms with Crippen LogP contribution in [0.15, 0.2) is 516 Å². The van der Waals surface area contributed by atoms with Crippen LogP contribution < -0.4 is 0 Å². The number of fused-ring (bicyclic) bond motifs is 9. The second kappa shape index (κ2) is 36.4. The molecule has 0 bridgehead atoms. The van der Waals surface area contributed by atoms with Crippen molar-refractivity contribution in [1.29, 1.82) is 0 Å². The molecular formula is C126H85N9. The van der Waals surface area contributed by atoms with E-state index in [2.05, 4.69) is 432 Å². The van der Waals surface area contributed by atoms with Gasteiger partial charge in [0.05, 0.1) is 67.3 Å². The van der Waals surface area contributed by atoms with E-state index in [1.54, 1.807) is 0 Å². The van der Waals surface area contributed by atoms with Crippen LogP contribution in [-0.4, -0.2) is 43.6 Å². The molecule has 0 aliphatic heterocycles. The summed E-state index contributed by atoms with van der Waals surface area (Å²) in [5.41, 5.74) is 34.5. The van der Waals surface area contributed by atoms with Gasteiger partial charge in [0, 0.05) is 99.5 Å². The number of nitrogens with zero attached hydrogens (tertiary/aromatic N) is 9. The smallest absolute Gasteiger partial charge is 0.160 e. The molecule has 9 heteroatoms.